The molecule has 0 aliphatic carbocycles. The van der Waals surface area contributed by atoms with Gasteiger partial charge in [-0.25, -0.2) is 4.98 Å². The molecule has 2 aromatic heterocycles. The number of nitrogens with one attached hydrogen (secondary N) is 3. The molecule has 3 heterocycles. The predicted octanol–water partition coefficient (Wildman–Crippen LogP) is 0.876. The predicted molar refractivity (Wildman–Crippen MR) is 144 cm³/mol. The Balaban J connectivity index is 0.00000141. The lowest BCUT2D eigenvalue weighted by atomic mass is 10.1. The summed E-state index contributed by atoms with van der Waals surface area (Å²) in [5, 5.41) is 22.4. The topological polar surface area (TPSA) is 179 Å². The van der Waals surface area contributed by atoms with E-state index in [0.29, 0.717) is 44.0 Å². The first-order valence-corrected chi connectivity index (χ1v) is 12.8. The molecule has 0 radical (unpaired) electrons. The molecule has 1 aliphatic heterocycles. The monoisotopic (exact) mass is 554 g/mol. The van der Waals surface area contributed by atoms with Crippen LogP contribution in [0.2, 0.25) is 0 Å². The number of aromatic nitrogens is 3. The molecule has 4 rings (SSSR count). The molecule has 2 bridgehead atoms. The van der Waals surface area contributed by atoms with E-state index in [4.69, 9.17) is 14.6 Å². The number of fused-ring (bicyclic) bond motifs is 4. The van der Waals surface area contributed by atoms with Crippen LogP contribution in [0.1, 0.15) is 30.3 Å². The average Bonchev–Trinajstić information content (AvgIpc) is 3.64. The minimum Gasteiger partial charge on any atom is -0.494 e. The first-order chi connectivity index (χ1) is 19.3. The summed E-state index contributed by atoms with van der Waals surface area (Å²) in [7, 11) is 0. The molecule has 0 spiro atoms. The molecule has 214 valence electrons. The third-order valence-corrected chi connectivity index (χ3v) is 6.06. The Labute approximate surface area is 231 Å². The van der Waals surface area contributed by atoms with Crippen molar-refractivity contribution in [2.45, 2.75) is 38.5 Å². The maximum absolute atomic E-state index is 13.0. The molecular formula is C27H34N6O7. The fourth-order valence-corrected chi connectivity index (χ4v) is 4.18. The number of carbonyl (C=O) groups excluding carboxylic acids is 3. The highest BCUT2D eigenvalue weighted by atomic mass is 16.5. The van der Waals surface area contributed by atoms with E-state index in [1.54, 1.807) is 24.5 Å². The summed E-state index contributed by atoms with van der Waals surface area (Å²) in [6.45, 7) is 2.45. The first-order valence-electron chi connectivity index (χ1n) is 12.8. The number of aromatic amines is 1. The maximum atomic E-state index is 13.0. The maximum Gasteiger partial charge on any atom is 0.290 e. The zero-order valence-corrected chi connectivity index (χ0v) is 22.2. The van der Waals surface area contributed by atoms with Crippen LogP contribution in [0.15, 0.2) is 55.0 Å². The number of H-pyrrole nitrogens is 1. The van der Waals surface area contributed by atoms with Gasteiger partial charge >= 0.3 is 0 Å². The molecule has 40 heavy (non-hydrogen) atoms. The van der Waals surface area contributed by atoms with Crippen LogP contribution in [-0.4, -0.2) is 92.2 Å². The van der Waals surface area contributed by atoms with Gasteiger partial charge in [0.05, 0.1) is 19.3 Å². The quantitative estimate of drug-likeness (QED) is 0.290. The smallest absolute Gasteiger partial charge is 0.290 e. The molecular weight excluding hydrogens is 520 g/mol. The Hall–Kier alpha value is -4.65. The van der Waals surface area contributed by atoms with Crippen LogP contribution in [0.4, 0.5) is 0 Å². The van der Waals surface area contributed by atoms with Crippen LogP contribution < -0.4 is 15.4 Å². The number of amides is 3. The normalized spacial score (nSPS) is 17.6. The number of aliphatic hydroxyl groups excluding tert-OH is 1. The summed E-state index contributed by atoms with van der Waals surface area (Å²) in [5.74, 6) is 0.0764. The summed E-state index contributed by atoms with van der Waals surface area (Å²) in [6, 6.07) is 9.81. The van der Waals surface area contributed by atoms with E-state index < -0.39 is 24.0 Å². The number of aliphatic hydroxyl groups is 1. The Bertz CT molecular complexity index is 1260. The number of hydrogen-bond donors (Lipinski definition) is 5. The SMILES string of the molecule is C[C@@H](O)[C@@H]1NC(=O)CN(C(=O)c2ccc[nH]2)CCCOc2cccc(c2)-c2nccn2CCCNC1=O.O=CO. The van der Waals surface area contributed by atoms with Crippen LogP contribution in [0.5, 0.6) is 5.75 Å². The average molecular weight is 555 g/mol. The summed E-state index contributed by atoms with van der Waals surface area (Å²) in [6.07, 6.45) is 5.20. The van der Waals surface area contributed by atoms with E-state index in [9.17, 15) is 19.5 Å². The molecule has 3 amide bonds. The number of carbonyl (C=O) groups is 4. The standard InChI is InChI=1S/C26H32N6O5.CH2O2/c1-18(33)23-25(35)29-10-4-12-31-14-11-28-24(31)19-6-2-7-20(16-19)37-15-5-13-32(17-22(34)30-23)26(36)21-8-3-9-27-21;2-1-3/h2-3,6-9,11,14,16,18,23,27,33H,4-5,10,12-13,15,17H2,1H3,(H,29,35)(H,30,34);1H,(H,2,3)/t18-,23+;/m1./s1. The van der Waals surface area contributed by atoms with Crippen LogP contribution in [0.25, 0.3) is 11.4 Å². The second kappa shape index (κ2) is 15.1. The fraction of sp³-hybridized carbons (Fsp3) is 0.370. The van der Waals surface area contributed by atoms with Gasteiger partial charge in [0.1, 0.15) is 23.3 Å². The molecule has 1 aromatic carbocycles. The van der Waals surface area contributed by atoms with Gasteiger partial charge in [-0.1, -0.05) is 12.1 Å². The van der Waals surface area contributed by atoms with Crippen molar-refractivity contribution in [2.75, 3.05) is 26.2 Å². The fourth-order valence-electron chi connectivity index (χ4n) is 4.18. The zero-order valence-electron chi connectivity index (χ0n) is 22.2. The van der Waals surface area contributed by atoms with E-state index >= 15 is 0 Å². The van der Waals surface area contributed by atoms with E-state index in [-0.39, 0.29) is 25.5 Å². The second-order valence-electron chi connectivity index (χ2n) is 9.02. The van der Waals surface area contributed by atoms with E-state index in [1.807, 2.05) is 35.0 Å². The van der Waals surface area contributed by atoms with Crippen molar-refractivity contribution >= 4 is 24.2 Å². The summed E-state index contributed by atoms with van der Waals surface area (Å²) in [4.78, 5) is 55.7. The van der Waals surface area contributed by atoms with Crippen LogP contribution in [-0.2, 0) is 20.9 Å². The van der Waals surface area contributed by atoms with Crippen molar-refractivity contribution in [1.29, 1.82) is 0 Å². The minimum atomic E-state index is -1.15. The Morgan fingerprint density at radius 1 is 1.20 bits per heavy atom. The number of imidazole rings is 1. The number of ether oxygens (including phenoxy) is 1. The van der Waals surface area contributed by atoms with Crippen molar-refractivity contribution in [2.24, 2.45) is 0 Å². The molecule has 5 N–H and O–H groups in total. The van der Waals surface area contributed by atoms with Crippen LogP contribution >= 0.6 is 0 Å². The van der Waals surface area contributed by atoms with Gasteiger partial charge in [-0.15, -0.1) is 0 Å². The molecule has 0 unspecified atom stereocenters. The summed E-state index contributed by atoms with van der Waals surface area (Å²) in [5.41, 5.74) is 1.25. The molecule has 13 heteroatoms. The van der Waals surface area contributed by atoms with E-state index in [2.05, 4.69) is 20.6 Å². The lowest BCUT2D eigenvalue weighted by Crippen LogP contribution is -2.55. The van der Waals surface area contributed by atoms with Crippen molar-refractivity contribution in [3.8, 4) is 17.1 Å². The van der Waals surface area contributed by atoms with Gasteiger partial charge in [0.25, 0.3) is 12.4 Å². The van der Waals surface area contributed by atoms with Gasteiger partial charge in [0.2, 0.25) is 11.8 Å². The van der Waals surface area contributed by atoms with E-state index in [0.717, 1.165) is 11.4 Å². The van der Waals surface area contributed by atoms with Gasteiger partial charge in [-0.05, 0) is 44.0 Å². The largest absolute Gasteiger partial charge is 0.494 e. The number of nitrogens with zero attached hydrogens (tertiary/aromatic N) is 3. The van der Waals surface area contributed by atoms with Crippen molar-refractivity contribution in [3.05, 3.63) is 60.7 Å². The number of benzene rings is 1. The van der Waals surface area contributed by atoms with Gasteiger partial charge in [-0.3, -0.25) is 19.2 Å². The number of hydrogen-bond acceptors (Lipinski definition) is 7. The Morgan fingerprint density at radius 2 is 2.00 bits per heavy atom. The summed E-state index contributed by atoms with van der Waals surface area (Å²) < 4.78 is 7.94. The number of carboxylic acid groups (broad SMARTS) is 1. The molecule has 0 saturated carbocycles. The van der Waals surface area contributed by atoms with E-state index in [1.165, 1.54) is 11.8 Å². The number of rotatable bonds is 2. The van der Waals surface area contributed by atoms with Gasteiger partial charge in [-0.2, -0.15) is 0 Å². The molecule has 13 nitrogen and oxygen atoms in total. The first kappa shape index (κ1) is 29.9. The van der Waals surface area contributed by atoms with Crippen molar-refractivity contribution < 1.29 is 34.1 Å². The summed E-state index contributed by atoms with van der Waals surface area (Å²) >= 11 is 0. The molecule has 0 fully saturated rings. The van der Waals surface area contributed by atoms with Crippen molar-refractivity contribution in [1.82, 2.24) is 30.1 Å². The highest BCUT2D eigenvalue weighted by Crippen LogP contribution is 2.23. The lowest BCUT2D eigenvalue weighted by Gasteiger charge is -2.25. The van der Waals surface area contributed by atoms with Crippen LogP contribution in [0.3, 0.4) is 0 Å². The minimum absolute atomic E-state index is 0.250. The lowest BCUT2D eigenvalue weighted by molar-refractivity contribution is -0.131. The second-order valence-corrected chi connectivity index (χ2v) is 9.02. The van der Waals surface area contributed by atoms with Gasteiger partial charge < -0.3 is 40.0 Å². The van der Waals surface area contributed by atoms with Crippen LogP contribution in [0, 0.1) is 0 Å². The molecule has 0 saturated heterocycles. The number of aryl methyl sites for hydroxylation is 1. The Kier molecular flexibility index (Phi) is 11.3. The molecule has 1 aliphatic rings. The zero-order chi connectivity index (χ0) is 28.9. The molecule has 2 atom stereocenters. The highest BCUT2D eigenvalue weighted by Gasteiger charge is 2.27. The van der Waals surface area contributed by atoms with Gasteiger partial charge in [0, 0.05) is 43.8 Å². The van der Waals surface area contributed by atoms with Crippen molar-refractivity contribution in [3.63, 3.8) is 0 Å². The van der Waals surface area contributed by atoms with Gasteiger partial charge in [0.15, 0.2) is 0 Å². The third kappa shape index (κ3) is 8.43. The highest BCUT2D eigenvalue weighted by molar-refractivity contribution is 5.96. The Morgan fingerprint density at radius 3 is 2.73 bits per heavy atom. The molecule has 3 aromatic rings. The third-order valence-electron chi connectivity index (χ3n) is 6.06.